The van der Waals surface area contributed by atoms with Crippen LogP contribution in [0.3, 0.4) is 0 Å². The van der Waals surface area contributed by atoms with Crippen molar-refractivity contribution in [3.8, 4) is 0 Å². The lowest BCUT2D eigenvalue weighted by Gasteiger charge is -2.42. The van der Waals surface area contributed by atoms with Crippen LogP contribution in [0.5, 0.6) is 0 Å². The van der Waals surface area contributed by atoms with E-state index in [0.717, 1.165) is 22.3 Å². The quantitative estimate of drug-likeness (QED) is 0.144. The summed E-state index contributed by atoms with van der Waals surface area (Å²) in [5, 5.41) is 2.75. The molecule has 12 nitrogen and oxygen atoms in total. The molecule has 2 heterocycles. The van der Waals surface area contributed by atoms with E-state index in [-0.39, 0.29) is 51.5 Å². The normalized spacial score (nSPS) is 16.5. The maximum absolute atomic E-state index is 14.8. The van der Waals surface area contributed by atoms with E-state index in [2.05, 4.69) is 5.32 Å². The summed E-state index contributed by atoms with van der Waals surface area (Å²) in [5.41, 5.74) is 3.48. The second-order valence-electron chi connectivity index (χ2n) is 16.2. The molecule has 2 aliphatic rings. The summed E-state index contributed by atoms with van der Waals surface area (Å²) in [6.45, 7) is 6.28. The van der Waals surface area contributed by atoms with Crippen LogP contribution in [0.1, 0.15) is 61.4 Å². The van der Waals surface area contributed by atoms with Gasteiger partial charge in [-0.25, -0.2) is 14.0 Å². The molecule has 4 aromatic carbocycles. The van der Waals surface area contributed by atoms with Crippen molar-refractivity contribution in [3.63, 3.8) is 0 Å². The molecule has 2 unspecified atom stereocenters. The van der Waals surface area contributed by atoms with Crippen LogP contribution >= 0.6 is 0 Å². The molecule has 1 N–H and O–H groups in total. The molecule has 5 amide bonds. The number of hydrogen-bond acceptors (Lipinski definition) is 7. The van der Waals surface area contributed by atoms with Gasteiger partial charge in [-0.3, -0.25) is 19.3 Å². The molecule has 4 aromatic rings. The van der Waals surface area contributed by atoms with Crippen molar-refractivity contribution in [1.82, 2.24) is 24.9 Å². The van der Waals surface area contributed by atoms with Crippen LogP contribution < -0.4 is 5.32 Å². The first kappa shape index (κ1) is 43.3. The lowest BCUT2D eigenvalue weighted by molar-refractivity contribution is -0.154. The van der Waals surface area contributed by atoms with Gasteiger partial charge < -0.3 is 29.5 Å². The number of carbonyl (C=O) groups is 5. The Morgan fingerprint density at radius 2 is 1.45 bits per heavy atom. The molecule has 1 fully saturated rings. The first-order chi connectivity index (χ1) is 28.8. The van der Waals surface area contributed by atoms with Gasteiger partial charge in [0.1, 0.15) is 36.7 Å². The van der Waals surface area contributed by atoms with E-state index in [1.807, 2.05) is 84.9 Å². The third-order valence-electron chi connectivity index (χ3n) is 10.6. The van der Waals surface area contributed by atoms with Crippen LogP contribution in [-0.2, 0) is 56.4 Å². The number of nitrogens with zero attached hydrogens (tertiary/aromatic N) is 4. The number of ether oxygens (including phenoxy) is 2. The van der Waals surface area contributed by atoms with Crippen molar-refractivity contribution in [2.45, 2.75) is 83.8 Å². The summed E-state index contributed by atoms with van der Waals surface area (Å²) < 4.78 is 25.1. The van der Waals surface area contributed by atoms with Crippen LogP contribution in [0, 0.1) is 5.82 Å². The lowest BCUT2D eigenvalue weighted by Crippen LogP contribution is -2.61. The molecule has 316 valence electrons. The Hall–Kier alpha value is -6.24. The largest absolute Gasteiger partial charge is 0.445 e. The highest BCUT2D eigenvalue weighted by atomic mass is 19.1. The fourth-order valence-corrected chi connectivity index (χ4v) is 7.55. The summed E-state index contributed by atoms with van der Waals surface area (Å²) in [6, 6.07) is 30.6. The number of fused-ring (bicyclic) bond motifs is 1. The van der Waals surface area contributed by atoms with E-state index in [1.54, 1.807) is 37.8 Å². The van der Waals surface area contributed by atoms with Gasteiger partial charge >= 0.3 is 12.2 Å². The summed E-state index contributed by atoms with van der Waals surface area (Å²) >= 11 is 0. The van der Waals surface area contributed by atoms with Gasteiger partial charge in [-0.05, 0) is 80.0 Å². The van der Waals surface area contributed by atoms with Crippen LogP contribution in [0.25, 0.3) is 0 Å². The Kier molecular flexibility index (Phi) is 14.6. The smallest absolute Gasteiger partial charge is 0.411 e. The van der Waals surface area contributed by atoms with Crippen LogP contribution in [0.2, 0.25) is 0 Å². The van der Waals surface area contributed by atoms with Gasteiger partial charge in [-0.1, -0.05) is 97.1 Å². The molecule has 13 heteroatoms. The van der Waals surface area contributed by atoms with E-state index >= 15 is 0 Å². The zero-order valence-corrected chi connectivity index (χ0v) is 34.6. The monoisotopic (exact) mass is 819 g/mol. The van der Waals surface area contributed by atoms with Gasteiger partial charge in [0.25, 0.3) is 0 Å². The number of piperazine rings is 1. The molecule has 0 aromatic heterocycles. The molecular formula is C47H54FN5O7. The van der Waals surface area contributed by atoms with Crippen molar-refractivity contribution >= 4 is 29.9 Å². The Morgan fingerprint density at radius 3 is 2.13 bits per heavy atom. The summed E-state index contributed by atoms with van der Waals surface area (Å²) in [4.78, 5) is 75.9. The molecular weight excluding hydrogens is 766 g/mol. The molecule has 2 aliphatic heterocycles. The van der Waals surface area contributed by atoms with E-state index in [4.69, 9.17) is 9.47 Å². The van der Waals surface area contributed by atoms with E-state index in [9.17, 15) is 28.4 Å². The number of halogens is 1. The number of rotatable bonds is 14. The second kappa shape index (κ2) is 20.1. The molecule has 0 radical (unpaired) electrons. The first-order valence-electron chi connectivity index (χ1n) is 20.5. The SMILES string of the molecule is CC(C)(C)OC(=O)N1Cc2ccccc2CC1C(=O)N(CC(=O)N1CCN(CCc2ccccc2)C(=O)C1CCCNC(=O)OCc1ccccc1)Cc1ccc(F)cc1. The zero-order valence-electron chi connectivity index (χ0n) is 34.6. The molecule has 6 rings (SSSR count). The van der Waals surface area contributed by atoms with Crippen molar-refractivity contribution in [3.05, 3.63) is 143 Å². The fraction of sp³-hybridized carbons (Fsp3) is 0.383. The minimum absolute atomic E-state index is 0.0458. The third kappa shape index (κ3) is 11.9. The highest BCUT2D eigenvalue weighted by Crippen LogP contribution is 2.28. The highest BCUT2D eigenvalue weighted by molar-refractivity contribution is 5.93. The topological polar surface area (TPSA) is 129 Å². The van der Waals surface area contributed by atoms with Crippen molar-refractivity contribution in [1.29, 1.82) is 0 Å². The molecule has 1 saturated heterocycles. The average Bonchev–Trinajstić information content (AvgIpc) is 3.24. The fourth-order valence-electron chi connectivity index (χ4n) is 7.55. The van der Waals surface area contributed by atoms with Crippen molar-refractivity contribution in [2.24, 2.45) is 0 Å². The first-order valence-corrected chi connectivity index (χ1v) is 20.5. The summed E-state index contributed by atoms with van der Waals surface area (Å²) in [6.07, 6.45) is 0.219. The van der Waals surface area contributed by atoms with Gasteiger partial charge in [0.2, 0.25) is 17.7 Å². The third-order valence-corrected chi connectivity index (χ3v) is 10.6. The van der Waals surface area contributed by atoms with Gasteiger partial charge in [0.05, 0.1) is 6.54 Å². The highest BCUT2D eigenvalue weighted by Gasteiger charge is 2.42. The predicted octanol–water partition coefficient (Wildman–Crippen LogP) is 6.51. The summed E-state index contributed by atoms with van der Waals surface area (Å²) in [5.74, 6) is -1.58. The van der Waals surface area contributed by atoms with Crippen LogP contribution in [0.15, 0.2) is 109 Å². The standard InChI is InChI=1S/C47H54FN5O7/c1-47(2,3)60-46(58)53-31-38-18-11-10-17-37(38)29-41(53)44(56)51(30-35-20-22-39(48)23-21-35)32-42(54)52-28-27-50(26-24-34-13-6-4-7-14-34)43(55)40(52)19-12-25-49-45(57)59-33-36-15-8-5-9-16-36/h4-11,13-18,20-23,40-41H,12,19,24-33H2,1-3H3,(H,49,57). The Balaban J connectivity index is 1.21. The second-order valence-corrected chi connectivity index (χ2v) is 16.2. The van der Waals surface area contributed by atoms with E-state index in [0.29, 0.717) is 31.5 Å². The maximum Gasteiger partial charge on any atom is 0.411 e. The number of alkyl carbamates (subject to hydrolysis) is 1. The van der Waals surface area contributed by atoms with Gasteiger partial charge in [0.15, 0.2) is 0 Å². The molecule has 0 bridgehead atoms. The molecule has 0 aliphatic carbocycles. The van der Waals surface area contributed by atoms with Gasteiger partial charge in [-0.2, -0.15) is 0 Å². The van der Waals surface area contributed by atoms with Gasteiger partial charge in [-0.15, -0.1) is 0 Å². The molecule has 2 atom stereocenters. The Labute approximate surface area is 351 Å². The minimum Gasteiger partial charge on any atom is -0.445 e. The van der Waals surface area contributed by atoms with E-state index < -0.39 is 54.0 Å². The molecule has 0 saturated carbocycles. The Morgan fingerprint density at radius 1 is 0.800 bits per heavy atom. The number of amides is 5. The van der Waals surface area contributed by atoms with Crippen molar-refractivity contribution < 1.29 is 37.8 Å². The van der Waals surface area contributed by atoms with Crippen LogP contribution in [-0.4, -0.2) is 99.9 Å². The molecule has 60 heavy (non-hydrogen) atoms. The maximum atomic E-state index is 14.8. The molecule has 0 spiro atoms. The Bertz CT molecular complexity index is 2090. The van der Waals surface area contributed by atoms with Gasteiger partial charge in [0, 0.05) is 39.1 Å². The number of hydrogen-bond donors (Lipinski definition) is 1. The number of nitrogens with one attached hydrogen (secondary N) is 1. The predicted molar refractivity (Wildman–Crippen MR) is 224 cm³/mol. The minimum atomic E-state index is -0.997. The van der Waals surface area contributed by atoms with Crippen LogP contribution in [0.4, 0.5) is 14.0 Å². The van der Waals surface area contributed by atoms with Crippen molar-refractivity contribution in [2.75, 3.05) is 32.7 Å². The summed E-state index contributed by atoms with van der Waals surface area (Å²) in [7, 11) is 0. The average molecular weight is 820 g/mol. The lowest BCUT2D eigenvalue weighted by atomic mass is 9.93. The number of benzene rings is 4. The number of carbonyl (C=O) groups excluding carboxylic acids is 5. The zero-order chi connectivity index (χ0) is 42.6. The van der Waals surface area contributed by atoms with E-state index in [1.165, 1.54) is 26.8 Å².